The monoisotopic (exact) mass is 409 g/mol. The summed E-state index contributed by atoms with van der Waals surface area (Å²) < 4.78 is 24.2. The van der Waals surface area contributed by atoms with Crippen LogP contribution in [0, 0.1) is 20.2 Å². The number of nitro benzene ring substituents is 2. The molecule has 0 aliphatic rings. The minimum Gasteiger partial charge on any atom is -0.368 e. The second-order valence-electron chi connectivity index (χ2n) is 5.58. The number of benzene rings is 2. The van der Waals surface area contributed by atoms with Crippen molar-refractivity contribution in [2.45, 2.75) is 19.6 Å². The van der Waals surface area contributed by atoms with E-state index in [0.29, 0.717) is 11.3 Å². The van der Waals surface area contributed by atoms with Crippen LogP contribution in [-0.4, -0.2) is 23.1 Å². The van der Waals surface area contributed by atoms with Crippen molar-refractivity contribution in [3.63, 3.8) is 0 Å². The summed E-state index contributed by atoms with van der Waals surface area (Å²) in [6.07, 6.45) is 0. The molecule has 10 nitrogen and oxygen atoms in total. The summed E-state index contributed by atoms with van der Waals surface area (Å²) in [5, 5.41) is 24.9. The lowest BCUT2D eigenvalue weighted by Gasteiger charge is -2.28. The number of hydrogen-bond acceptors (Lipinski definition) is 8. The van der Waals surface area contributed by atoms with E-state index in [1.165, 1.54) is 42.5 Å². The van der Waals surface area contributed by atoms with Crippen LogP contribution in [0.15, 0.2) is 48.5 Å². The van der Waals surface area contributed by atoms with Crippen molar-refractivity contribution in [1.29, 1.82) is 0 Å². The third-order valence-electron chi connectivity index (χ3n) is 3.71. The van der Waals surface area contributed by atoms with Crippen LogP contribution in [0.25, 0.3) is 0 Å². The fourth-order valence-corrected chi connectivity index (χ4v) is 4.46. The third kappa shape index (κ3) is 5.13. The molecule has 0 saturated heterocycles. The molecule has 28 heavy (non-hydrogen) atoms. The van der Waals surface area contributed by atoms with Crippen LogP contribution in [0.4, 0.5) is 17.1 Å². The minimum atomic E-state index is -3.77. The van der Waals surface area contributed by atoms with Gasteiger partial charge in [0.1, 0.15) is 0 Å². The Kier molecular flexibility index (Phi) is 7.22. The van der Waals surface area contributed by atoms with Crippen molar-refractivity contribution in [2.75, 3.05) is 18.5 Å². The SMILES string of the molecule is CCOP(=O)(OCC)C(Nc1ccc([N+](=O)[O-])cc1)c1cccc([N+](=O)[O-])c1. The van der Waals surface area contributed by atoms with Crippen molar-refractivity contribution in [2.24, 2.45) is 0 Å². The predicted octanol–water partition coefficient (Wildman–Crippen LogP) is 4.88. The number of non-ortho nitro benzene ring substituents is 2. The van der Waals surface area contributed by atoms with Crippen molar-refractivity contribution < 1.29 is 23.5 Å². The molecule has 11 heteroatoms. The van der Waals surface area contributed by atoms with Crippen molar-refractivity contribution in [3.8, 4) is 0 Å². The van der Waals surface area contributed by atoms with Gasteiger partial charge in [-0.15, -0.1) is 0 Å². The largest absolute Gasteiger partial charge is 0.368 e. The van der Waals surface area contributed by atoms with Crippen LogP contribution < -0.4 is 5.32 Å². The molecule has 0 amide bonds. The Morgan fingerprint density at radius 3 is 2.04 bits per heavy atom. The molecular formula is C17H20N3O7P. The van der Waals surface area contributed by atoms with Crippen LogP contribution in [0.2, 0.25) is 0 Å². The molecule has 0 spiro atoms. The van der Waals surface area contributed by atoms with Gasteiger partial charge in [-0.3, -0.25) is 24.8 Å². The summed E-state index contributed by atoms with van der Waals surface area (Å²) >= 11 is 0. The van der Waals surface area contributed by atoms with Gasteiger partial charge in [0, 0.05) is 30.0 Å². The molecule has 1 atom stereocenters. The van der Waals surface area contributed by atoms with E-state index in [0.717, 1.165) is 0 Å². The zero-order chi connectivity index (χ0) is 20.7. The van der Waals surface area contributed by atoms with E-state index in [2.05, 4.69) is 5.32 Å². The number of anilines is 1. The van der Waals surface area contributed by atoms with E-state index < -0.39 is 23.2 Å². The lowest BCUT2D eigenvalue weighted by molar-refractivity contribution is -0.385. The summed E-state index contributed by atoms with van der Waals surface area (Å²) in [6, 6.07) is 11.1. The average Bonchev–Trinajstić information content (AvgIpc) is 2.67. The first-order valence-corrected chi connectivity index (χ1v) is 10.1. The van der Waals surface area contributed by atoms with Gasteiger partial charge in [0.15, 0.2) is 5.78 Å². The van der Waals surface area contributed by atoms with E-state index >= 15 is 0 Å². The Morgan fingerprint density at radius 1 is 0.964 bits per heavy atom. The van der Waals surface area contributed by atoms with Gasteiger partial charge < -0.3 is 14.4 Å². The summed E-state index contributed by atoms with van der Waals surface area (Å²) in [7, 11) is -3.77. The summed E-state index contributed by atoms with van der Waals surface area (Å²) in [5.41, 5.74) is 0.474. The first-order chi connectivity index (χ1) is 13.3. The minimum absolute atomic E-state index is 0.102. The number of rotatable bonds is 10. The van der Waals surface area contributed by atoms with E-state index in [1.807, 2.05) is 0 Å². The van der Waals surface area contributed by atoms with E-state index in [9.17, 15) is 24.8 Å². The quantitative estimate of drug-likeness (QED) is 0.333. The molecule has 0 bridgehead atoms. The highest BCUT2D eigenvalue weighted by Gasteiger charge is 2.37. The molecule has 2 rings (SSSR count). The van der Waals surface area contributed by atoms with Gasteiger partial charge in [-0.25, -0.2) is 0 Å². The average molecular weight is 409 g/mol. The Hall–Kier alpha value is -2.81. The molecule has 0 fully saturated rings. The molecule has 0 saturated carbocycles. The van der Waals surface area contributed by atoms with E-state index in [4.69, 9.17) is 9.05 Å². The van der Waals surface area contributed by atoms with Crippen LogP contribution in [0.1, 0.15) is 25.2 Å². The predicted molar refractivity (Wildman–Crippen MR) is 103 cm³/mol. The Balaban J connectivity index is 2.49. The normalized spacial score (nSPS) is 12.4. The molecule has 2 aromatic rings. The first kappa shape index (κ1) is 21.5. The molecule has 1 unspecified atom stereocenters. The van der Waals surface area contributed by atoms with Gasteiger partial charge in [-0.05, 0) is 31.5 Å². The third-order valence-corrected chi connectivity index (χ3v) is 6.01. The molecule has 2 aromatic carbocycles. The molecule has 150 valence electrons. The van der Waals surface area contributed by atoms with Crippen LogP contribution in [0.3, 0.4) is 0 Å². The zero-order valence-electron chi connectivity index (χ0n) is 15.3. The lowest BCUT2D eigenvalue weighted by Crippen LogP contribution is -2.15. The van der Waals surface area contributed by atoms with Crippen LogP contribution in [0.5, 0.6) is 0 Å². The molecule has 0 aliphatic heterocycles. The van der Waals surface area contributed by atoms with Gasteiger partial charge in [0.2, 0.25) is 0 Å². The topological polar surface area (TPSA) is 134 Å². The first-order valence-electron chi connectivity index (χ1n) is 8.45. The summed E-state index contributed by atoms with van der Waals surface area (Å²) in [5.74, 6) is -1.05. The summed E-state index contributed by atoms with van der Waals surface area (Å²) in [6.45, 7) is 3.51. The van der Waals surface area contributed by atoms with Crippen molar-refractivity contribution in [1.82, 2.24) is 0 Å². The van der Waals surface area contributed by atoms with Gasteiger partial charge in [0.05, 0.1) is 23.1 Å². The maximum Gasteiger partial charge on any atom is 0.357 e. The maximum atomic E-state index is 13.4. The molecular weight excluding hydrogens is 389 g/mol. The Morgan fingerprint density at radius 2 is 1.54 bits per heavy atom. The molecule has 0 heterocycles. The number of nitrogens with zero attached hydrogens (tertiary/aromatic N) is 2. The molecule has 0 radical (unpaired) electrons. The lowest BCUT2D eigenvalue weighted by atomic mass is 10.2. The van der Waals surface area contributed by atoms with E-state index in [1.54, 1.807) is 19.9 Å². The highest BCUT2D eigenvalue weighted by atomic mass is 31.2. The fraction of sp³-hybridized carbons (Fsp3) is 0.294. The van der Waals surface area contributed by atoms with Crippen molar-refractivity contribution >= 4 is 24.7 Å². The van der Waals surface area contributed by atoms with Gasteiger partial charge >= 0.3 is 7.60 Å². The number of hydrogen-bond donors (Lipinski definition) is 1. The highest BCUT2D eigenvalue weighted by molar-refractivity contribution is 7.54. The second kappa shape index (κ2) is 9.41. The molecule has 0 aliphatic carbocycles. The standard InChI is InChI=1S/C17H20N3O7P/c1-3-26-28(25,27-4-2)17(13-6-5-7-16(12-13)20(23)24)18-14-8-10-15(11-9-14)19(21)22/h5-12,17-18H,3-4H2,1-2H3. The molecule has 0 aromatic heterocycles. The molecule has 1 N–H and O–H groups in total. The van der Waals surface area contributed by atoms with Crippen LogP contribution >= 0.6 is 7.60 Å². The van der Waals surface area contributed by atoms with Gasteiger partial charge in [-0.2, -0.15) is 0 Å². The zero-order valence-corrected chi connectivity index (χ0v) is 16.2. The Bertz CT molecular complexity index is 879. The maximum absolute atomic E-state index is 13.4. The smallest absolute Gasteiger partial charge is 0.357 e. The van der Waals surface area contributed by atoms with Gasteiger partial charge in [0.25, 0.3) is 11.4 Å². The Labute approximate surface area is 161 Å². The van der Waals surface area contributed by atoms with Gasteiger partial charge in [-0.1, -0.05) is 12.1 Å². The van der Waals surface area contributed by atoms with Crippen molar-refractivity contribution in [3.05, 3.63) is 74.3 Å². The summed E-state index contributed by atoms with van der Waals surface area (Å²) in [4.78, 5) is 20.9. The van der Waals surface area contributed by atoms with Crippen LogP contribution in [-0.2, 0) is 13.6 Å². The highest BCUT2D eigenvalue weighted by Crippen LogP contribution is 2.61. The van der Waals surface area contributed by atoms with E-state index in [-0.39, 0.29) is 24.6 Å². The number of nitro groups is 2. The second-order valence-corrected chi connectivity index (χ2v) is 7.69. The number of nitrogens with one attached hydrogen (secondary N) is 1. The fourth-order valence-electron chi connectivity index (χ4n) is 2.54.